The highest BCUT2D eigenvalue weighted by Gasteiger charge is 2.23. The Labute approximate surface area is 130 Å². The van der Waals surface area contributed by atoms with Gasteiger partial charge in [-0.1, -0.05) is 6.07 Å². The molecule has 0 aromatic carbocycles. The van der Waals surface area contributed by atoms with Crippen LogP contribution in [0.5, 0.6) is 0 Å². The fourth-order valence-corrected chi connectivity index (χ4v) is 1.90. The zero-order chi connectivity index (χ0) is 15.9. The molecule has 6 nitrogen and oxygen atoms in total. The summed E-state index contributed by atoms with van der Waals surface area (Å²) < 4.78 is 5.47. The first kappa shape index (κ1) is 16.4. The van der Waals surface area contributed by atoms with E-state index in [9.17, 15) is 9.59 Å². The van der Waals surface area contributed by atoms with E-state index >= 15 is 0 Å². The van der Waals surface area contributed by atoms with Gasteiger partial charge in [0.05, 0.1) is 6.61 Å². The van der Waals surface area contributed by atoms with E-state index < -0.39 is 6.10 Å². The third kappa shape index (κ3) is 5.81. The first-order valence-corrected chi connectivity index (χ1v) is 7.67. The van der Waals surface area contributed by atoms with Crippen LogP contribution in [0.25, 0.3) is 0 Å². The molecule has 0 spiro atoms. The van der Waals surface area contributed by atoms with Crippen LogP contribution in [0.4, 0.5) is 5.82 Å². The molecule has 1 aromatic heterocycles. The van der Waals surface area contributed by atoms with Gasteiger partial charge in [-0.25, -0.2) is 4.98 Å². The van der Waals surface area contributed by atoms with Crippen molar-refractivity contribution in [3.63, 3.8) is 0 Å². The number of hydrogen-bond donors (Lipinski definition) is 2. The summed E-state index contributed by atoms with van der Waals surface area (Å²) in [4.78, 5) is 27.7. The van der Waals surface area contributed by atoms with Crippen LogP contribution in [-0.4, -0.2) is 36.1 Å². The lowest BCUT2D eigenvalue weighted by Gasteiger charge is -2.13. The van der Waals surface area contributed by atoms with Crippen molar-refractivity contribution in [1.82, 2.24) is 10.3 Å². The molecule has 1 heterocycles. The number of hydrogen-bond acceptors (Lipinski definition) is 4. The molecular formula is C16H23N3O3. The minimum absolute atomic E-state index is 0.176. The predicted molar refractivity (Wildman–Crippen MR) is 83.4 cm³/mol. The lowest BCUT2D eigenvalue weighted by atomic mass is 10.3. The van der Waals surface area contributed by atoms with Gasteiger partial charge in [-0.05, 0) is 44.7 Å². The Bertz CT molecular complexity index is 529. The average Bonchev–Trinajstić information content (AvgIpc) is 3.28. The molecule has 1 aliphatic rings. The van der Waals surface area contributed by atoms with Crippen LogP contribution >= 0.6 is 0 Å². The van der Waals surface area contributed by atoms with E-state index in [2.05, 4.69) is 15.6 Å². The highest BCUT2D eigenvalue weighted by atomic mass is 16.5. The molecule has 22 heavy (non-hydrogen) atoms. The van der Waals surface area contributed by atoms with Crippen LogP contribution in [0.3, 0.4) is 0 Å². The van der Waals surface area contributed by atoms with Gasteiger partial charge in [0.15, 0.2) is 0 Å². The maximum absolute atomic E-state index is 11.8. The molecule has 1 aromatic rings. The summed E-state index contributed by atoms with van der Waals surface area (Å²) in [5.41, 5.74) is 0.840. The first-order chi connectivity index (χ1) is 10.5. The third-order valence-corrected chi connectivity index (χ3v) is 3.46. The Morgan fingerprint density at radius 3 is 2.86 bits per heavy atom. The van der Waals surface area contributed by atoms with Gasteiger partial charge in [0.2, 0.25) is 11.8 Å². The van der Waals surface area contributed by atoms with Crippen LogP contribution in [0, 0.1) is 12.8 Å². The zero-order valence-electron chi connectivity index (χ0n) is 13.1. The second-order valence-corrected chi connectivity index (χ2v) is 5.67. The number of pyridine rings is 1. The van der Waals surface area contributed by atoms with Crippen LogP contribution in [-0.2, 0) is 14.3 Å². The number of amides is 2. The van der Waals surface area contributed by atoms with E-state index in [0.717, 1.165) is 5.69 Å². The minimum Gasteiger partial charge on any atom is -0.368 e. The van der Waals surface area contributed by atoms with E-state index in [1.54, 1.807) is 13.0 Å². The monoisotopic (exact) mass is 305 g/mol. The van der Waals surface area contributed by atoms with Gasteiger partial charge >= 0.3 is 0 Å². The number of rotatable bonds is 8. The SMILES string of the molecule is Cc1cccc(NC(=O)CCNC(=O)C(C)OCC2CC2)n1. The van der Waals surface area contributed by atoms with Crippen LogP contribution < -0.4 is 10.6 Å². The molecular weight excluding hydrogens is 282 g/mol. The normalized spacial score (nSPS) is 15.2. The van der Waals surface area contributed by atoms with Gasteiger partial charge in [0.25, 0.3) is 0 Å². The molecule has 0 saturated heterocycles. The Morgan fingerprint density at radius 2 is 2.18 bits per heavy atom. The summed E-state index contributed by atoms with van der Waals surface area (Å²) in [7, 11) is 0. The summed E-state index contributed by atoms with van der Waals surface area (Å²) in [5.74, 6) is 0.799. The van der Waals surface area contributed by atoms with Crippen molar-refractivity contribution in [2.45, 2.75) is 39.2 Å². The number of carbonyl (C=O) groups is 2. The van der Waals surface area contributed by atoms with E-state index in [4.69, 9.17) is 4.74 Å². The van der Waals surface area contributed by atoms with Crippen molar-refractivity contribution in [2.75, 3.05) is 18.5 Å². The topological polar surface area (TPSA) is 80.3 Å². The van der Waals surface area contributed by atoms with Gasteiger partial charge < -0.3 is 15.4 Å². The van der Waals surface area contributed by atoms with E-state index in [-0.39, 0.29) is 24.8 Å². The molecule has 1 saturated carbocycles. The van der Waals surface area contributed by atoms with Crippen molar-refractivity contribution < 1.29 is 14.3 Å². The van der Waals surface area contributed by atoms with E-state index in [1.807, 2.05) is 19.1 Å². The van der Waals surface area contributed by atoms with Crippen molar-refractivity contribution >= 4 is 17.6 Å². The Hall–Kier alpha value is -1.95. The van der Waals surface area contributed by atoms with E-state index in [1.165, 1.54) is 12.8 Å². The van der Waals surface area contributed by atoms with Gasteiger partial charge in [0, 0.05) is 18.7 Å². The smallest absolute Gasteiger partial charge is 0.248 e. The largest absolute Gasteiger partial charge is 0.368 e. The predicted octanol–water partition coefficient (Wildman–Crippen LogP) is 1.65. The molecule has 0 radical (unpaired) electrons. The fraction of sp³-hybridized carbons (Fsp3) is 0.562. The quantitative estimate of drug-likeness (QED) is 0.765. The number of aromatic nitrogens is 1. The third-order valence-electron chi connectivity index (χ3n) is 3.46. The van der Waals surface area contributed by atoms with Gasteiger partial charge in [-0.2, -0.15) is 0 Å². The molecule has 0 aliphatic heterocycles. The summed E-state index contributed by atoms with van der Waals surface area (Å²) in [6.07, 6.45) is 2.13. The number of aryl methyl sites for hydroxylation is 1. The molecule has 6 heteroatoms. The van der Waals surface area contributed by atoms with Crippen LogP contribution in [0.15, 0.2) is 18.2 Å². The summed E-state index contributed by atoms with van der Waals surface area (Å²) in [6, 6.07) is 5.43. The minimum atomic E-state index is -0.470. The second-order valence-electron chi connectivity index (χ2n) is 5.67. The molecule has 0 bridgehead atoms. The van der Waals surface area contributed by atoms with E-state index in [0.29, 0.717) is 18.3 Å². The lowest BCUT2D eigenvalue weighted by molar-refractivity contribution is -0.132. The maximum atomic E-state index is 11.8. The molecule has 2 rings (SSSR count). The lowest BCUT2D eigenvalue weighted by Crippen LogP contribution is -2.36. The maximum Gasteiger partial charge on any atom is 0.248 e. The van der Waals surface area contributed by atoms with Gasteiger partial charge in [-0.15, -0.1) is 0 Å². The summed E-state index contributed by atoms with van der Waals surface area (Å²) in [5, 5.41) is 5.41. The number of anilines is 1. The summed E-state index contributed by atoms with van der Waals surface area (Å²) in [6.45, 7) is 4.52. The average molecular weight is 305 g/mol. The van der Waals surface area contributed by atoms with Crippen molar-refractivity contribution in [3.8, 4) is 0 Å². The van der Waals surface area contributed by atoms with Crippen molar-refractivity contribution in [1.29, 1.82) is 0 Å². The molecule has 1 fully saturated rings. The Morgan fingerprint density at radius 1 is 1.41 bits per heavy atom. The molecule has 2 N–H and O–H groups in total. The fourth-order valence-electron chi connectivity index (χ4n) is 1.90. The Balaban J connectivity index is 1.62. The van der Waals surface area contributed by atoms with Crippen LogP contribution in [0.1, 0.15) is 31.9 Å². The number of ether oxygens (including phenoxy) is 1. The highest BCUT2D eigenvalue weighted by Crippen LogP contribution is 2.29. The van der Waals surface area contributed by atoms with Crippen molar-refractivity contribution in [3.05, 3.63) is 23.9 Å². The second kappa shape index (κ2) is 7.89. The molecule has 120 valence electrons. The number of nitrogens with zero attached hydrogens (tertiary/aromatic N) is 1. The number of carbonyl (C=O) groups excluding carboxylic acids is 2. The number of nitrogens with one attached hydrogen (secondary N) is 2. The summed E-state index contributed by atoms with van der Waals surface area (Å²) >= 11 is 0. The molecule has 1 atom stereocenters. The Kier molecular flexibility index (Phi) is 5.89. The standard InChI is InChI=1S/C16H23N3O3/c1-11-4-3-5-14(18-11)19-15(20)8-9-17-16(21)12(2)22-10-13-6-7-13/h3-5,12-13H,6-10H2,1-2H3,(H,17,21)(H,18,19,20). The van der Waals surface area contributed by atoms with Crippen LogP contribution in [0.2, 0.25) is 0 Å². The van der Waals surface area contributed by atoms with Crippen molar-refractivity contribution in [2.24, 2.45) is 5.92 Å². The zero-order valence-corrected chi connectivity index (χ0v) is 13.1. The first-order valence-electron chi connectivity index (χ1n) is 7.67. The highest BCUT2D eigenvalue weighted by molar-refractivity contribution is 5.90. The van der Waals surface area contributed by atoms with Gasteiger partial charge in [-0.3, -0.25) is 9.59 Å². The molecule has 1 unspecified atom stereocenters. The van der Waals surface area contributed by atoms with Gasteiger partial charge in [0.1, 0.15) is 11.9 Å². The molecule has 1 aliphatic carbocycles. The molecule has 2 amide bonds.